The summed E-state index contributed by atoms with van der Waals surface area (Å²) in [4.78, 5) is 34.1. The molecule has 3 aromatic carbocycles. The van der Waals surface area contributed by atoms with Crippen LogP contribution in [0, 0.1) is 11.6 Å². The molecular weight excluding hydrogens is 509 g/mol. The average molecular weight is 533 g/mol. The third-order valence-corrected chi connectivity index (χ3v) is 6.07. The Morgan fingerprint density at radius 2 is 1.69 bits per heavy atom. The summed E-state index contributed by atoms with van der Waals surface area (Å²) in [7, 11) is -1.98. The molecule has 0 aliphatic rings. The standard InChI is InChI=1S/C24H23F2N4O4PS/c1-14(23(31)29-24(27)28)10-16-11-20(25)22(21(26)12-16)34-18-6-8-19(9-7-18)36-30-17-4-2-15(3-5-17)13-35(32)33/h2-12,30,32-33H,13H2,1H3,(H4,27,28,29,31)/b14-10+. The number of benzene rings is 3. The van der Waals surface area contributed by atoms with E-state index in [1.54, 1.807) is 36.4 Å². The van der Waals surface area contributed by atoms with E-state index in [0.717, 1.165) is 28.3 Å². The van der Waals surface area contributed by atoms with Gasteiger partial charge < -0.3 is 30.7 Å². The van der Waals surface area contributed by atoms with Crippen LogP contribution in [-0.4, -0.2) is 21.7 Å². The molecule has 0 aliphatic heterocycles. The first-order valence-electron chi connectivity index (χ1n) is 10.4. The number of nitrogens with one attached hydrogen (secondary N) is 1. The van der Waals surface area contributed by atoms with Gasteiger partial charge in [0.2, 0.25) is 0 Å². The number of rotatable bonds is 9. The molecule has 0 unspecified atom stereocenters. The van der Waals surface area contributed by atoms with Crippen molar-refractivity contribution >= 4 is 44.0 Å². The average Bonchev–Trinajstić information content (AvgIpc) is 2.81. The number of guanidine groups is 1. The molecule has 0 radical (unpaired) electrons. The Kier molecular flexibility index (Phi) is 9.38. The Balaban J connectivity index is 1.63. The van der Waals surface area contributed by atoms with E-state index in [-0.39, 0.29) is 23.0 Å². The molecule has 0 aliphatic carbocycles. The highest BCUT2D eigenvalue weighted by molar-refractivity contribution is 8.00. The maximum atomic E-state index is 14.6. The van der Waals surface area contributed by atoms with Gasteiger partial charge in [-0.3, -0.25) is 4.79 Å². The molecule has 36 heavy (non-hydrogen) atoms. The summed E-state index contributed by atoms with van der Waals surface area (Å²) in [5, 5.41) is 0. The zero-order valence-electron chi connectivity index (χ0n) is 19.0. The Morgan fingerprint density at radius 3 is 2.25 bits per heavy atom. The fraction of sp³-hybridized carbons (Fsp3) is 0.0833. The lowest BCUT2D eigenvalue weighted by atomic mass is 10.1. The fourth-order valence-corrected chi connectivity index (χ4v) is 4.11. The topological polar surface area (TPSA) is 143 Å². The number of aliphatic imine (C=N–C) groups is 1. The molecule has 188 valence electrons. The Hall–Kier alpha value is -3.50. The van der Waals surface area contributed by atoms with Gasteiger partial charge in [-0.1, -0.05) is 12.1 Å². The van der Waals surface area contributed by atoms with E-state index in [1.807, 2.05) is 12.1 Å². The van der Waals surface area contributed by atoms with Crippen LogP contribution in [0.1, 0.15) is 18.1 Å². The van der Waals surface area contributed by atoms with Gasteiger partial charge in [0, 0.05) is 22.3 Å². The van der Waals surface area contributed by atoms with E-state index in [4.69, 9.17) is 26.0 Å². The van der Waals surface area contributed by atoms with Gasteiger partial charge in [0.15, 0.2) is 31.7 Å². The van der Waals surface area contributed by atoms with Crippen molar-refractivity contribution in [1.29, 1.82) is 0 Å². The number of hydrogen-bond acceptors (Lipinski definition) is 6. The number of amides is 1. The highest BCUT2D eigenvalue weighted by Gasteiger charge is 2.14. The van der Waals surface area contributed by atoms with E-state index >= 15 is 0 Å². The monoisotopic (exact) mass is 532 g/mol. The molecule has 3 rings (SSSR count). The number of hydrogen-bond donors (Lipinski definition) is 5. The quantitative estimate of drug-likeness (QED) is 0.0863. The van der Waals surface area contributed by atoms with Crippen LogP contribution in [0.25, 0.3) is 6.08 Å². The zero-order chi connectivity index (χ0) is 26.2. The van der Waals surface area contributed by atoms with Crippen molar-refractivity contribution in [3.63, 3.8) is 0 Å². The Bertz CT molecular complexity index is 1260. The molecule has 0 aromatic heterocycles. The summed E-state index contributed by atoms with van der Waals surface area (Å²) in [6.07, 6.45) is 1.47. The number of anilines is 1. The lowest BCUT2D eigenvalue weighted by Crippen LogP contribution is -2.24. The molecule has 3 aromatic rings. The van der Waals surface area contributed by atoms with Gasteiger partial charge in [-0.15, -0.1) is 0 Å². The lowest BCUT2D eigenvalue weighted by Gasteiger charge is -2.10. The molecule has 0 heterocycles. The summed E-state index contributed by atoms with van der Waals surface area (Å²) < 4.78 is 37.7. The second-order valence-electron chi connectivity index (χ2n) is 7.49. The lowest BCUT2D eigenvalue weighted by molar-refractivity contribution is -0.114. The van der Waals surface area contributed by atoms with E-state index in [9.17, 15) is 13.6 Å². The SMILES string of the molecule is C/C(=C\c1cc(F)c(Oc2ccc(SNc3ccc(CP(O)O)cc3)cc2)c(F)c1)C(=O)N=C(N)N. The van der Waals surface area contributed by atoms with Gasteiger partial charge in [0.1, 0.15) is 5.75 Å². The summed E-state index contributed by atoms with van der Waals surface area (Å²) in [6, 6.07) is 15.9. The number of carbonyl (C=O) groups excluding carboxylic acids is 1. The van der Waals surface area contributed by atoms with Crippen LogP contribution in [0.5, 0.6) is 11.5 Å². The second-order valence-corrected chi connectivity index (χ2v) is 9.43. The smallest absolute Gasteiger partial charge is 0.275 e. The van der Waals surface area contributed by atoms with Crippen LogP contribution < -0.4 is 20.9 Å². The van der Waals surface area contributed by atoms with Crippen LogP contribution in [0.15, 0.2) is 76.1 Å². The van der Waals surface area contributed by atoms with Gasteiger partial charge in [0.05, 0.1) is 0 Å². The Labute approximate surface area is 211 Å². The van der Waals surface area contributed by atoms with Gasteiger partial charge >= 0.3 is 0 Å². The van der Waals surface area contributed by atoms with Crippen LogP contribution >= 0.6 is 20.3 Å². The molecule has 0 fully saturated rings. The van der Waals surface area contributed by atoms with Crippen molar-refractivity contribution in [1.82, 2.24) is 0 Å². The highest BCUT2D eigenvalue weighted by Crippen LogP contribution is 2.32. The predicted octanol–water partition coefficient (Wildman–Crippen LogP) is 4.88. The molecule has 12 heteroatoms. The second kappa shape index (κ2) is 12.5. The number of nitrogens with two attached hydrogens (primary N) is 2. The van der Waals surface area contributed by atoms with Crippen LogP contribution in [0.3, 0.4) is 0 Å². The third-order valence-electron chi connectivity index (χ3n) is 4.58. The normalized spacial score (nSPS) is 11.3. The molecule has 0 atom stereocenters. The first-order chi connectivity index (χ1) is 17.1. The minimum atomic E-state index is -1.98. The molecule has 1 amide bonds. The molecular formula is C24H23F2N4O4PS. The van der Waals surface area contributed by atoms with Gasteiger partial charge in [-0.25, -0.2) is 8.78 Å². The fourth-order valence-electron chi connectivity index (χ4n) is 2.93. The van der Waals surface area contributed by atoms with Gasteiger partial charge in [-0.2, -0.15) is 4.99 Å². The van der Waals surface area contributed by atoms with Crippen molar-refractivity contribution in [3.8, 4) is 11.5 Å². The van der Waals surface area contributed by atoms with E-state index in [0.29, 0.717) is 0 Å². The number of ether oxygens (including phenoxy) is 1. The van der Waals surface area contributed by atoms with Crippen molar-refractivity contribution in [2.24, 2.45) is 16.5 Å². The van der Waals surface area contributed by atoms with Gasteiger partial charge in [0.25, 0.3) is 5.91 Å². The van der Waals surface area contributed by atoms with Crippen molar-refractivity contribution in [3.05, 3.63) is 89.0 Å². The summed E-state index contributed by atoms with van der Waals surface area (Å²) in [5.41, 5.74) is 12.2. The number of carbonyl (C=O) groups is 1. The maximum Gasteiger partial charge on any atom is 0.275 e. The number of nitrogens with zero attached hydrogens (tertiary/aromatic N) is 1. The largest absolute Gasteiger partial charge is 0.451 e. The minimum Gasteiger partial charge on any atom is -0.451 e. The van der Waals surface area contributed by atoms with Crippen molar-refractivity contribution in [2.75, 3.05) is 4.72 Å². The van der Waals surface area contributed by atoms with Crippen LogP contribution in [0.4, 0.5) is 14.5 Å². The third kappa shape index (κ3) is 8.03. The summed E-state index contributed by atoms with van der Waals surface area (Å²) in [6.45, 7) is 1.42. The molecule has 0 saturated heterocycles. The molecule has 8 nitrogen and oxygen atoms in total. The van der Waals surface area contributed by atoms with Crippen molar-refractivity contribution in [2.45, 2.75) is 18.0 Å². The molecule has 0 spiro atoms. The number of halogens is 2. The molecule has 7 N–H and O–H groups in total. The van der Waals surface area contributed by atoms with Gasteiger partial charge in [-0.05, 0) is 84.6 Å². The Morgan fingerprint density at radius 1 is 1.08 bits per heavy atom. The summed E-state index contributed by atoms with van der Waals surface area (Å²) >= 11 is 1.32. The minimum absolute atomic E-state index is 0.0956. The zero-order valence-corrected chi connectivity index (χ0v) is 20.7. The first kappa shape index (κ1) is 27.1. The first-order valence-corrected chi connectivity index (χ1v) is 12.6. The van der Waals surface area contributed by atoms with E-state index < -0.39 is 37.6 Å². The van der Waals surface area contributed by atoms with Crippen LogP contribution in [0.2, 0.25) is 0 Å². The van der Waals surface area contributed by atoms with Crippen molar-refractivity contribution < 1.29 is 28.1 Å². The predicted molar refractivity (Wildman–Crippen MR) is 138 cm³/mol. The van der Waals surface area contributed by atoms with Crippen LogP contribution in [-0.2, 0) is 11.0 Å². The molecule has 0 saturated carbocycles. The maximum absolute atomic E-state index is 14.6. The summed E-state index contributed by atoms with van der Waals surface area (Å²) in [5.74, 6) is -3.36. The highest BCUT2D eigenvalue weighted by atomic mass is 32.2. The van der Waals surface area contributed by atoms with E-state index in [2.05, 4.69) is 9.71 Å². The van der Waals surface area contributed by atoms with E-state index in [1.165, 1.54) is 24.9 Å². The molecule has 0 bridgehead atoms.